The summed E-state index contributed by atoms with van der Waals surface area (Å²) in [4.78, 5) is 9.83. The van der Waals surface area contributed by atoms with Gasteiger partial charge in [0.05, 0.1) is 4.90 Å². The molecule has 0 aromatic heterocycles. The van der Waals surface area contributed by atoms with Crippen LogP contribution in [0.2, 0.25) is 0 Å². The average Bonchev–Trinajstić information content (AvgIpc) is 2.23. The molecule has 0 bridgehead atoms. The Morgan fingerprint density at radius 3 is 2.29 bits per heavy atom. The Morgan fingerprint density at radius 1 is 1.24 bits per heavy atom. The maximum Gasteiger partial charge on any atom is 0.124 e. The van der Waals surface area contributed by atoms with E-state index in [2.05, 4.69) is 5.32 Å². The molecule has 0 spiro atoms. The number of nitrogens with one attached hydrogen (secondary N) is 1. The van der Waals surface area contributed by atoms with Gasteiger partial charge in [0.15, 0.2) is 0 Å². The zero-order valence-electron chi connectivity index (χ0n) is 8.88. The first-order chi connectivity index (χ1) is 7.89. The van der Waals surface area contributed by atoms with Gasteiger partial charge >= 0.3 is 0 Å². The molecule has 0 radical (unpaired) electrons. The second-order valence-electron chi connectivity index (χ2n) is 3.38. The van der Waals surface area contributed by atoms with Gasteiger partial charge in [-0.15, -0.1) is 0 Å². The van der Waals surface area contributed by atoms with Gasteiger partial charge in [-0.3, -0.25) is 0 Å². The molecule has 1 aromatic carbocycles. The Labute approximate surface area is 99.0 Å². The SMILES string of the molecule is O=C([O-])CCCNc1ccc(S(=O)(=O)[O-])cc1. The highest BCUT2D eigenvalue weighted by Gasteiger charge is 2.00. The van der Waals surface area contributed by atoms with Crippen molar-refractivity contribution in [2.75, 3.05) is 11.9 Å². The molecule has 0 saturated heterocycles. The Morgan fingerprint density at radius 2 is 1.82 bits per heavy atom. The monoisotopic (exact) mass is 257 g/mol. The van der Waals surface area contributed by atoms with Gasteiger partial charge in [0.25, 0.3) is 0 Å². The van der Waals surface area contributed by atoms with Crippen LogP contribution in [-0.2, 0) is 14.9 Å². The summed E-state index contributed by atoms with van der Waals surface area (Å²) in [5, 5.41) is 13.0. The zero-order chi connectivity index (χ0) is 12.9. The number of aliphatic carboxylic acids is 1. The summed E-state index contributed by atoms with van der Waals surface area (Å²) in [6.45, 7) is 0.428. The quantitative estimate of drug-likeness (QED) is 0.545. The van der Waals surface area contributed by atoms with Gasteiger partial charge in [-0.1, -0.05) is 0 Å². The molecule has 0 aliphatic heterocycles. The highest BCUT2D eigenvalue weighted by molar-refractivity contribution is 7.85. The Balaban J connectivity index is 2.49. The largest absolute Gasteiger partial charge is 0.744 e. The van der Waals surface area contributed by atoms with Gasteiger partial charge in [-0.25, -0.2) is 8.42 Å². The normalized spacial score (nSPS) is 11.1. The molecule has 17 heavy (non-hydrogen) atoms. The number of hydrogen-bond acceptors (Lipinski definition) is 6. The second kappa shape index (κ2) is 5.65. The van der Waals surface area contributed by atoms with Gasteiger partial charge in [0.2, 0.25) is 0 Å². The molecular weight excluding hydrogens is 246 g/mol. The molecule has 1 rings (SSSR count). The van der Waals surface area contributed by atoms with Crippen molar-refractivity contribution in [1.82, 2.24) is 0 Å². The Bertz CT molecular complexity index is 480. The lowest BCUT2D eigenvalue weighted by atomic mass is 10.3. The molecule has 1 N–H and O–H groups in total. The van der Waals surface area contributed by atoms with Crippen LogP contribution >= 0.6 is 0 Å². The molecule has 0 aliphatic rings. The van der Waals surface area contributed by atoms with E-state index in [1.807, 2.05) is 0 Å². The number of carbonyl (C=O) groups is 1. The van der Waals surface area contributed by atoms with E-state index in [1.54, 1.807) is 0 Å². The highest BCUT2D eigenvalue weighted by Crippen LogP contribution is 2.13. The first-order valence-electron chi connectivity index (χ1n) is 4.89. The maximum absolute atomic E-state index is 10.6. The summed E-state index contributed by atoms with van der Waals surface area (Å²) in [7, 11) is -4.42. The number of rotatable bonds is 6. The van der Waals surface area contributed by atoms with Crippen molar-refractivity contribution >= 4 is 21.8 Å². The number of carboxylic acid groups (broad SMARTS) is 1. The predicted octanol–water partition coefficient (Wildman–Crippen LogP) is -0.467. The lowest BCUT2D eigenvalue weighted by Gasteiger charge is -2.09. The number of benzene rings is 1. The van der Waals surface area contributed by atoms with Crippen molar-refractivity contribution in [2.45, 2.75) is 17.7 Å². The van der Waals surface area contributed by atoms with E-state index in [0.717, 1.165) is 0 Å². The van der Waals surface area contributed by atoms with Crippen LogP contribution in [0, 0.1) is 0 Å². The lowest BCUT2D eigenvalue weighted by Crippen LogP contribution is -2.22. The Kier molecular flexibility index (Phi) is 4.47. The van der Waals surface area contributed by atoms with Gasteiger partial charge in [-0.05, 0) is 37.1 Å². The van der Waals surface area contributed by atoms with Gasteiger partial charge in [0, 0.05) is 18.2 Å². The van der Waals surface area contributed by atoms with Gasteiger partial charge in [0.1, 0.15) is 10.1 Å². The Hall–Kier alpha value is -1.60. The van der Waals surface area contributed by atoms with Crippen molar-refractivity contribution < 1.29 is 22.9 Å². The van der Waals surface area contributed by atoms with Crippen LogP contribution in [-0.4, -0.2) is 25.5 Å². The van der Waals surface area contributed by atoms with Crippen LogP contribution in [0.25, 0.3) is 0 Å². The van der Waals surface area contributed by atoms with Crippen molar-refractivity contribution in [3.05, 3.63) is 24.3 Å². The number of carbonyl (C=O) groups excluding carboxylic acids is 1. The zero-order valence-corrected chi connectivity index (χ0v) is 9.70. The number of hydrogen-bond donors (Lipinski definition) is 1. The van der Waals surface area contributed by atoms with Crippen LogP contribution in [0.3, 0.4) is 0 Å². The number of carboxylic acids is 1. The van der Waals surface area contributed by atoms with Crippen molar-refractivity contribution in [3.63, 3.8) is 0 Å². The summed E-state index contributed by atoms with van der Waals surface area (Å²) >= 11 is 0. The van der Waals surface area contributed by atoms with E-state index < -0.39 is 16.1 Å². The maximum atomic E-state index is 10.6. The molecular formula is C10H11NO5S-2. The molecule has 0 aliphatic carbocycles. The van der Waals surface area contributed by atoms with Crippen LogP contribution in [0.1, 0.15) is 12.8 Å². The fourth-order valence-electron chi connectivity index (χ4n) is 1.20. The van der Waals surface area contributed by atoms with Crippen molar-refractivity contribution in [1.29, 1.82) is 0 Å². The van der Waals surface area contributed by atoms with Gasteiger partial charge < -0.3 is 19.8 Å². The minimum atomic E-state index is -4.42. The third-order valence-electron chi connectivity index (χ3n) is 2.03. The van der Waals surface area contributed by atoms with E-state index in [1.165, 1.54) is 24.3 Å². The lowest BCUT2D eigenvalue weighted by molar-refractivity contribution is -0.305. The van der Waals surface area contributed by atoms with E-state index in [4.69, 9.17) is 0 Å². The topological polar surface area (TPSA) is 109 Å². The molecule has 7 heteroatoms. The summed E-state index contributed by atoms with van der Waals surface area (Å²) in [5.41, 5.74) is 0.621. The van der Waals surface area contributed by atoms with Crippen molar-refractivity contribution in [3.8, 4) is 0 Å². The minimum absolute atomic E-state index is 0.0416. The average molecular weight is 257 g/mol. The third kappa shape index (κ3) is 4.83. The van der Waals surface area contributed by atoms with Crippen molar-refractivity contribution in [2.24, 2.45) is 0 Å². The fourth-order valence-corrected chi connectivity index (χ4v) is 1.67. The molecule has 0 unspecified atom stereocenters. The molecule has 94 valence electrons. The molecule has 0 amide bonds. The molecule has 0 fully saturated rings. The minimum Gasteiger partial charge on any atom is -0.744 e. The van der Waals surface area contributed by atoms with E-state index in [0.29, 0.717) is 18.7 Å². The molecule has 0 saturated carbocycles. The molecule has 1 aromatic rings. The van der Waals surface area contributed by atoms with Crippen LogP contribution in [0.5, 0.6) is 0 Å². The summed E-state index contributed by atoms with van der Waals surface area (Å²) < 4.78 is 31.9. The predicted molar refractivity (Wildman–Crippen MR) is 57.1 cm³/mol. The second-order valence-corrected chi connectivity index (χ2v) is 4.76. The summed E-state index contributed by atoms with van der Waals surface area (Å²) in [5.74, 6) is -1.11. The van der Waals surface area contributed by atoms with E-state index in [-0.39, 0.29) is 11.3 Å². The van der Waals surface area contributed by atoms with E-state index >= 15 is 0 Å². The van der Waals surface area contributed by atoms with Crippen LogP contribution < -0.4 is 10.4 Å². The molecule has 0 atom stereocenters. The smallest absolute Gasteiger partial charge is 0.124 e. The standard InChI is InChI=1S/C10H13NO5S/c12-10(13)2-1-7-11-8-3-5-9(6-4-8)17(14,15)16/h3-6,11H,1-2,7H2,(H,12,13)(H,14,15,16)/p-2. The number of anilines is 1. The fraction of sp³-hybridized carbons (Fsp3) is 0.300. The summed E-state index contributed by atoms with van der Waals surface area (Å²) in [6, 6.07) is 5.29. The third-order valence-corrected chi connectivity index (χ3v) is 2.88. The molecule has 0 heterocycles. The van der Waals surface area contributed by atoms with Crippen LogP contribution in [0.4, 0.5) is 5.69 Å². The van der Waals surface area contributed by atoms with E-state index in [9.17, 15) is 22.9 Å². The summed E-state index contributed by atoms with van der Waals surface area (Å²) in [6.07, 6.45) is 0.365. The highest BCUT2D eigenvalue weighted by atomic mass is 32.2. The van der Waals surface area contributed by atoms with Crippen LogP contribution in [0.15, 0.2) is 29.2 Å². The first-order valence-corrected chi connectivity index (χ1v) is 6.30. The van der Waals surface area contributed by atoms with Gasteiger partial charge in [-0.2, -0.15) is 0 Å². The molecule has 6 nitrogen and oxygen atoms in total. The first kappa shape index (κ1) is 13.5.